The number of methoxy groups -OCH3 is 1. The van der Waals surface area contributed by atoms with Crippen LogP contribution in [0.4, 0.5) is 0 Å². The smallest absolute Gasteiger partial charge is 0.303 e. The highest BCUT2D eigenvalue weighted by Gasteiger charge is 2.30. The van der Waals surface area contributed by atoms with E-state index in [-0.39, 0.29) is 0 Å². The zero-order chi connectivity index (χ0) is 25.4. The van der Waals surface area contributed by atoms with Crippen LogP contribution >= 0.6 is 0 Å². The molecule has 0 radical (unpaired) electrons. The summed E-state index contributed by atoms with van der Waals surface area (Å²) in [5.74, 6) is 1.30. The second kappa shape index (κ2) is 9.90. The van der Waals surface area contributed by atoms with E-state index in [4.69, 9.17) is 4.74 Å². The maximum absolute atomic E-state index is 12.9. The summed E-state index contributed by atoms with van der Waals surface area (Å²) in [7, 11) is 0.604. The summed E-state index contributed by atoms with van der Waals surface area (Å²) in [6.45, 7) is 0.894. The third-order valence-electron chi connectivity index (χ3n) is 7.58. The average Bonchev–Trinajstić information content (AvgIpc) is 3.64. The lowest BCUT2D eigenvalue weighted by molar-refractivity contribution is 0.0980. The summed E-state index contributed by atoms with van der Waals surface area (Å²) in [6, 6.07) is 13.9. The molecule has 1 amide bonds. The van der Waals surface area contributed by atoms with Crippen LogP contribution in [0.15, 0.2) is 42.5 Å². The average molecular weight is 510 g/mol. The normalized spacial score (nSPS) is 17.0. The fourth-order valence-corrected chi connectivity index (χ4v) is 5.93. The lowest BCUT2D eigenvalue weighted by atomic mass is 9.81. The molecule has 1 aromatic heterocycles. The van der Waals surface area contributed by atoms with Crippen molar-refractivity contribution in [2.45, 2.75) is 57.4 Å². The van der Waals surface area contributed by atoms with Gasteiger partial charge in [0.2, 0.25) is 0 Å². The van der Waals surface area contributed by atoms with E-state index in [2.05, 4.69) is 21.4 Å². The molecule has 0 aliphatic heterocycles. The van der Waals surface area contributed by atoms with Gasteiger partial charge in [-0.1, -0.05) is 25.3 Å². The number of hydrogen-bond donors (Lipinski definition) is 1. The number of fused-ring (bicyclic) bond motifs is 1. The third kappa shape index (κ3) is 4.89. The largest absolute Gasteiger partial charge is 0.497 e. The molecule has 7 nitrogen and oxygen atoms in total. The first kappa shape index (κ1) is 24.8. The Labute approximate surface area is 213 Å². The maximum Gasteiger partial charge on any atom is 0.303 e. The fourth-order valence-electron chi connectivity index (χ4n) is 5.40. The van der Waals surface area contributed by atoms with E-state index < -0.39 is 16.1 Å². The lowest BCUT2D eigenvalue weighted by Crippen LogP contribution is -2.39. The van der Waals surface area contributed by atoms with Gasteiger partial charge in [0, 0.05) is 37.1 Å². The Kier molecular flexibility index (Phi) is 6.83. The van der Waals surface area contributed by atoms with Crippen molar-refractivity contribution in [3.05, 3.63) is 53.6 Å². The SMILES string of the molecule is COc1ccc(-c2c(C3CCCCC3)c3ccc(C(=O)NS(=O)(=O)N(C)C)cc3n2CC2CC2)cc1. The molecule has 0 unspecified atom stereocenters. The van der Waals surface area contributed by atoms with E-state index >= 15 is 0 Å². The summed E-state index contributed by atoms with van der Waals surface area (Å²) in [4.78, 5) is 12.9. The quantitative estimate of drug-likeness (QED) is 0.446. The number of rotatable bonds is 8. The second-order valence-corrected chi connectivity index (χ2v) is 12.2. The first-order chi connectivity index (χ1) is 17.3. The summed E-state index contributed by atoms with van der Waals surface area (Å²) in [5, 5.41) is 1.17. The highest BCUT2D eigenvalue weighted by Crippen LogP contribution is 2.46. The zero-order valence-electron chi connectivity index (χ0n) is 21.3. The van der Waals surface area contributed by atoms with Crippen LogP contribution in [0.3, 0.4) is 0 Å². The predicted molar refractivity (Wildman–Crippen MR) is 143 cm³/mol. The summed E-state index contributed by atoms with van der Waals surface area (Å²) < 4.78 is 35.5. The molecule has 2 fully saturated rings. The second-order valence-electron chi connectivity index (χ2n) is 10.3. The van der Waals surface area contributed by atoms with Crippen molar-refractivity contribution in [3.63, 3.8) is 0 Å². The summed E-state index contributed by atoms with van der Waals surface area (Å²) in [5.41, 5.74) is 5.09. The molecule has 1 N–H and O–H groups in total. The van der Waals surface area contributed by atoms with Crippen LogP contribution < -0.4 is 9.46 Å². The number of amides is 1. The van der Waals surface area contributed by atoms with Gasteiger partial charge in [-0.25, -0.2) is 4.72 Å². The van der Waals surface area contributed by atoms with Gasteiger partial charge in [-0.15, -0.1) is 0 Å². The van der Waals surface area contributed by atoms with Crippen molar-refractivity contribution in [3.8, 4) is 17.0 Å². The van der Waals surface area contributed by atoms with Gasteiger partial charge in [-0.05, 0) is 85.0 Å². The predicted octanol–water partition coefficient (Wildman–Crippen LogP) is 5.31. The van der Waals surface area contributed by atoms with E-state index in [1.807, 2.05) is 24.3 Å². The van der Waals surface area contributed by atoms with Crippen LogP contribution in [0.5, 0.6) is 5.75 Å². The lowest BCUT2D eigenvalue weighted by Gasteiger charge is -2.24. The van der Waals surface area contributed by atoms with Crippen molar-refractivity contribution in [1.82, 2.24) is 13.6 Å². The highest BCUT2D eigenvalue weighted by atomic mass is 32.2. The molecule has 8 heteroatoms. The fraction of sp³-hybridized carbons (Fsp3) is 0.464. The molecule has 0 bridgehead atoms. The van der Waals surface area contributed by atoms with Gasteiger partial charge in [0.15, 0.2) is 0 Å². The van der Waals surface area contributed by atoms with Gasteiger partial charge >= 0.3 is 10.2 Å². The Hall–Kier alpha value is -2.84. The highest BCUT2D eigenvalue weighted by molar-refractivity contribution is 7.87. The number of nitrogens with zero attached hydrogens (tertiary/aromatic N) is 2. The molecule has 3 aromatic rings. The maximum atomic E-state index is 12.9. The van der Waals surface area contributed by atoms with E-state index in [0.717, 1.165) is 40.5 Å². The molecule has 36 heavy (non-hydrogen) atoms. The van der Waals surface area contributed by atoms with Crippen LogP contribution in [-0.4, -0.2) is 44.4 Å². The molecular formula is C28H35N3O4S. The van der Waals surface area contributed by atoms with Crippen molar-refractivity contribution in [1.29, 1.82) is 0 Å². The van der Waals surface area contributed by atoms with Crippen LogP contribution in [0.2, 0.25) is 0 Å². The van der Waals surface area contributed by atoms with Gasteiger partial charge in [-0.2, -0.15) is 12.7 Å². The van der Waals surface area contributed by atoms with E-state index in [0.29, 0.717) is 17.4 Å². The number of carbonyl (C=O) groups is 1. The first-order valence-electron chi connectivity index (χ1n) is 12.8. The molecule has 1 heterocycles. The standard InChI is InChI=1S/C28H35N3O4S/c1-30(2)36(33,34)29-28(32)22-13-16-24-25(17-22)31(18-19-9-10-19)27(21-11-14-23(35-3)15-12-21)26(24)20-7-5-4-6-8-20/h11-17,19-20H,4-10,18H2,1-3H3,(H,29,32). The molecule has 192 valence electrons. The monoisotopic (exact) mass is 509 g/mol. The molecule has 2 aromatic carbocycles. The molecule has 2 saturated carbocycles. The van der Waals surface area contributed by atoms with Crippen molar-refractivity contribution < 1.29 is 17.9 Å². The molecular weight excluding hydrogens is 474 g/mol. The van der Waals surface area contributed by atoms with E-state index in [9.17, 15) is 13.2 Å². The Bertz CT molecular complexity index is 1370. The number of nitrogens with one attached hydrogen (secondary N) is 1. The first-order valence-corrected chi connectivity index (χ1v) is 14.3. The zero-order valence-corrected chi connectivity index (χ0v) is 22.1. The Morgan fingerprint density at radius 1 is 1.03 bits per heavy atom. The minimum Gasteiger partial charge on any atom is -0.497 e. The third-order valence-corrected chi connectivity index (χ3v) is 8.99. The van der Waals surface area contributed by atoms with Crippen LogP contribution in [0.25, 0.3) is 22.2 Å². The Balaban J connectivity index is 1.68. The van der Waals surface area contributed by atoms with E-state index in [1.165, 1.54) is 62.8 Å². The summed E-state index contributed by atoms with van der Waals surface area (Å²) in [6.07, 6.45) is 8.48. The van der Waals surface area contributed by atoms with Gasteiger partial charge < -0.3 is 9.30 Å². The summed E-state index contributed by atoms with van der Waals surface area (Å²) >= 11 is 0. The minimum absolute atomic E-state index is 0.346. The molecule has 5 rings (SSSR count). The topological polar surface area (TPSA) is 80.6 Å². The molecule has 2 aliphatic rings. The molecule has 2 aliphatic carbocycles. The number of aromatic nitrogens is 1. The van der Waals surface area contributed by atoms with Crippen LogP contribution in [0, 0.1) is 5.92 Å². The van der Waals surface area contributed by atoms with Crippen molar-refractivity contribution in [2.75, 3.05) is 21.2 Å². The molecule has 0 spiro atoms. The van der Waals surface area contributed by atoms with Crippen LogP contribution in [0.1, 0.15) is 66.8 Å². The number of hydrogen-bond acceptors (Lipinski definition) is 4. The van der Waals surface area contributed by atoms with Gasteiger partial charge in [-0.3, -0.25) is 4.79 Å². The Morgan fingerprint density at radius 3 is 2.33 bits per heavy atom. The number of ether oxygens (including phenoxy) is 1. The van der Waals surface area contributed by atoms with Crippen molar-refractivity contribution in [2.24, 2.45) is 5.92 Å². The Morgan fingerprint density at radius 2 is 1.72 bits per heavy atom. The van der Waals surface area contributed by atoms with Gasteiger partial charge in [0.05, 0.1) is 12.8 Å². The molecule has 0 saturated heterocycles. The van der Waals surface area contributed by atoms with Crippen LogP contribution in [-0.2, 0) is 16.8 Å². The number of carbonyl (C=O) groups excluding carboxylic acids is 1. The minimum atomic E-state index is -3.87. The van der Waals surface area contributed by atoms with Gasteiger partial charge in [0.25, 0.3) is 5.91 Å². The van der Waals surface area contributed by atoms with Gasteiger partial charge in [0.1, 0.15) is 5.75 Å². The van der Waals surface area contributed by atoms with E-state index in [1.54, 1.807) is 13.2 Å². The molecule has 0 atom stereocenters. The van der Waals surface area contributed by atoms with Crippen molar-refractivity contribution >= 4 is 27.0 Å². The number of benzene rings is 2.